The number of hydrogen-bond acceptors (Lipinski definition) is 3. The van der Waals surface area contributed by atoms with Crippen LogP contribution in [0.15, 0.2) is 24.3 Å². The highest BCUT2D eigenvalue weighted by atomic mass is 35.5. The van der Waals surface area contributed by atoms with Gasteiger partial charge in [0.25, 0.3) is 0 Å². The molecule has 1 aromatic carbocycles. The number of carbonyl (C=O) groups is 1. The second kappa shape index (κ2) is 9.00. The molecule has 0 radical (unpaired) electrons. The standard InChI is InChI=1S/C20H28FNO2.ClH/c1-14-5-7-15(8-6-14)17-13-16-9-10-18(19(17)20(23)24-2)22(16)12-4-3-11-21;/h5-8,16-19H,3-4,9-13H2,1-2H3;1H/t16-,17+,18+,19-;/m0./s1. The second-order valence-electron chi connectivity index (χ2n) is 7.23. The molecule has 0 saturated carbocycles. The molecule has 0 spiro atoms. The number of hydrogen-bond donors (Lipinski definition) is 0. The summed E-state index contributed by atoms with van der Waals surface area (Å²) in [6.07, 6.45) is 4.65. The first kappa shape index (κ1) is 20.2. The number of benzene rings is 1. The Morgan fingerprint density at radius 2 is 1.96 bits per heavy atom. The Morgan fingerprint density at radius 3 is 2.60 bits per heavy atom. The molecule has 140 valence electrons. The van der Waals surface area contributed by atoms with Gasteiger partial charge in [0, 0.05) is 18.0 Å². The third-order valence-corrected chi connectivity index (χ3v) is 5.84. The van der Waals surface area contributed by atoms with Crippen LogP contribution in [0.3, 0.4) is 0 Å². The molecule has 0 amide bonds. The molecule has 5 heteroatoms. The van der Waals surface area contributed by atoms with Gasteiger partial charge in [-0.1, -0.05) is 29.8 Å². The quantitative estimate of drug-likeness (QED) is 0.553. The Morgan fingerprint density at radius 1 is 1.24 bits per heavy atom. The predicted octanol–water partition coefficient (Wildman–Crippen LogP) is 4.28. The second-order valence-corrected chi connectivity index (χ2v) is 7.23. The number of esters is 1. The summed E-state index contributed by atoms with van der Waals surface area (Å²) in [4.78, 5) is 15.0. The Kier molecular flexibility index (Phi) is 7.26. The molecule has 0 aromatic heterocycles. The molecule has 2 fully saturated rings. The molecule has 2 saturated heterocycles. The van der Waals surface area contributed by atoms with E-state index in [2.05, 4.69) is 36.1 Å². The lowest BCUT2D eigenvalue weighted by Crippen LogP contribution is -2.51. The molecular weight excluding hydrogens is 341 g/mol. The van der Waals surface area contributed by atoms with Crippen molar-refractivity contribution in [1.29, 1.82) is 0 Å². The van der Waals surface area contributed by atoms with Crippen LogP contribution in [-0.4, -0.2) is 43.3 Å². The van der Waals surface area contributed by atoms with Gasteiger partial charge >= 0.3 is 5.97 Å². The number of alkyl halides is 1. The average molecular weight is 370 g/mol. The molecule has 3 rings (SSSR count). The fourth-order valence-corrected chi connectivity index (χ4v) is 4.66. The van der Waals surface area contributed by atoms with Crippen LogP contribution in [0.4, 0.5) is 4.39 Å². The molecule has 2 heterocycles. The van der Waals surface area contributed by atoms with Crippen molar-refractivity contribution in [2.24, 2.45) is 5.92 Å². The van der Waals surface area contributed by atoms with Crippen LogP contribution in [0.5, 0.6) is 0 Å². The fourth-order valence-electron chi connectivity index (χ4n) is 4.66. The third kappa shape index (κ3) is 4.17. The van der Waals surface area contributed by atoms with Crippen LogP contribution in [0, 0.1) is 12.8 Å². The van der Waals surface area contributed by atoms with Gasteiger partial charge in [-0.25, -0.2) is 0 Å². The first-order valence-corrected chi connectivity index (χ1v) is 9.11. The van der Waals surface area contributed by atoms with Crippen molar-refractivity contribution in [2.45, 2.75) is 57.0 Å². The smallest absolute Gasteiger partial charge is 0.310 e. The van der Waals surface area contributed by atoms with Crippen molar-refractivity contribution in [1.82, 2.24) is 4.90 Å². The van der Waals surface area contributed by atoms with E-state index in [9.17, 15) is 9.18 Å². The molecular formula is C20H29ClFNO2. The Bertz CT molecular complexity index is 565. The monoisotopic (exact) mass is 369 g/mol. The van der Waals surface area contributed by atoms with Crippen molar-refractivity contribution in [3.63, 3.8) is 0 Å². The maximum Gasteiger partial charge on any atom is 0.310 e. The average Bonchev–Trinajstić information content (AvgIpc) is 2.87. The maximum atomic E-state index is 12.6. The van der Waals surface area contributed by atoms with E-state index in [4.69, 9.17) is 4.74 Å². The van der Waals surface area contributed by atoms with E-state index in [0.717, 1.165) is 32.2 Å². The molecule has 1 aromatic rings. The van der Waals surface area contributed by atoms with Gasteiger partial charge in [0.15, 0.2) is 0 Å². The van der Waals surface area contributed by atoms with E-state index in [0.29, 0.717) is 12.5 Å². The molecule has 2 bridgehead atoms. The number of rotatable bonds is 6. The van der Waals surface area contributed by atoms with Gasteiger partial charge in [0.1, 0.15) is 0 Å². The zero-order chi connectivity index (χ0) is 17.1. The molecule has 0 unspecified atom stereocenters. The van der Waals surface area contributed by atoms with Gasteiger partial charge in [-0.15, -0.1) is 12.4 Å². The number of methoxy groups -OCH3 is 1. The zero-order valence-corrected chi connectivity index (χ0v) is 15.9. The van der Waals surface area contributed by atoms with Crippen LogP contribution in [0.2, 0.25) is 0 Å². The summed E-state index contributed by atoms with van der Waals surface area (Å²) < 4.78 is 17.6. The summed E-state index contributed by atoms with van der Waals surface area (Å²) in [5.74, 6) is 0.0243. The highest BCUT2D eigenvalue weighted by Crippen LogP contribution is 2.47. The first-order chi connectivity index (χ1) is 11.7. The minimum atomic E-state index is -0.254. The van der Waals surface area contributed by atoms with Crippen LogP contribution in [0.25, 0.3) is 0 Å². The van der Waals surface area contributed by atoms with Crippen molar-refractivity contribution < 1.29 is 13.9 Å². The van der Waals surface area contributed by atoms with E-state index in [1.54, 1.807) is 0 Å². The summed E-state index contributed by atoms with van der Waals surface area (Å²) in [6, 6.07) is 9.32. The van der Waals surface area contributed by atoms with E-state index in [1.165, 1.54) is 18.2 Å². The summed E-state index contributed by atoms with van der Waals surface area (Å²) in [5, 5.41) is 0. The van der Waals surface area contributed by atoms with Crippen LogP contribution in [0.1, 0.15) is 49.1 Å². The van der Waals surface area contributed by atoms with E-state index >= 15 is 0 Å². The lowest BCUT2D eigenvalue weighted by Gasteiger charge is -2.43. The van der Waals surface area contributed by atoms with Gasteiger partial charge < -0.3 is 4.74 Å². The lowest BCUT2D eigenvalue weighted by atomic mass is 9.75. The highest BCUT2D eigenvalue weighted by molar-refractivity contribution is 5.85. The van der Waals surface area contributed by atoms with E-state index < -0.39 is 0 Å². The van der Waals surface area contributed by atoms with Crippen molar-refractivity contribution in [2.75, 3.05) is 20.3 Å². The number of piperidine rings is 1. The van der Waals surface area contributed by atoms with Crippen molar-refractivity contribution in [3.8, 4) is 0 Å². The van der Waals surface area contributed by atoms with Gasteiger partial charge in [-0.2, -0.15) is 0 Å². The maximum absolute atomic E-state index is 12.6. The Labute approximate surface area is 156 Å². The Hall–Kier alpha value is -1.13. The van der Waals surface area contributed by atoms with Crippen molar-refractivity contribution in [3.05, 3.63) is 35.4 Å². The minimum Gasteiger partial charge on any atom is -0.469 e. The molecule has 4 atom stereocenters. The summed E-state index contributed by atoms with van der Waals surface area (Å²) in [5.41, 5.74) is 2.48. The molecule has 2 aliphatic rings. The molecule has 2 aliphatic heterocycles. The van der Waals surface area contributed by atoms with Gasteiger partial charge in [-0.3, -0.25) is 14.1 Å². The van der Waals surface area contributed by atoms with E-state index in [-0.39, 0.29) is 42.9 Å². The van der Waals surface area contributed by atoms with E-state index in [1.807, 2.05) is 0 Å². The number of aryl methyl sites for hydroxylation is 1. The number of halogens is 2. The number of unbranched alkanes of at least 4 members (excludes halogenated alkanes) is 1. The van der Waals surface area contributed by atoms with Gasteiger partial charge in [0.2, 0.25) is 0 Å². The number of fused-ring (bicyclic) bond motifs is 2. The SMILES string of the molecule is COC(=O)[C@H]1[C@@H](c2ccc(C)cc2)C[C@@H]2CC[C@H]1N2CCCCF.Cl. The first-order valence-electron chi connectivity index (χ1n) is 9.11. The molecule has 3 nitrogen and oxygen atoms in total. The van der Waals surface area contributed by atoms with Crippen LogP contribution in [-0.2, 0) is 9.53 Å². The summed E-state index contributed by atoms with van der Waals surface area (Å²) in [6.45, 7) is 2.72. The molecule has 25 heavy (non-hydrogen) atoms. The number of ether oxygens (including phenoxy) is 1. The minimum absolute atomic E-state index is 0. The third-order valence-electron chi connectivity index (χ3n) is 5.84. The molecule has 0 aliphatic carbocycles. The Balaban J connectivity index is 0.00000225. The summed E-state index contributed by atoms with van der Waals surface area (Å²) in [7, 11) is 1.49. The summed E-state index contributed by atoms with van der Waals surface area (Å²) >= 11 is 0. The van der Waals surface area contributed by atoms with Gasteiger partial charge in [0.05, 0.1) is 19.7 Å². The topological polar surface area (TPSA) is 29.5 Å². The van der Waals surface area contributed by atoms with Gasteiger partial charge in [-0.05, 0) is 51.1 Å². The van der Waals surface area contributed by atoms with Crippen LogP contribution >= 0.6 is 12.4 Å². The normalized spacial score (nSPS) is 28.4. The fraction of sp³-hybridized carbons (Fsp3) is 0.650. The van der Waals surface area contributed by atoms with Crippen LogP contribution < -0.4 is 0 Å². The molecule has 0 N–H and O–H groups in total. The van der Waals surface area contributed by atoms with Crippen molar-refractivity contribution >= 4 is 18.4 Å². The predicted molar refractivity (Wildman–Crippen MR) is 100 cm³/mol. The zero-order valence-electron chi connectivity index (χ0n) is 15.1. The lowest BCUT2D eigenvalue weighted by molar-refractivity contribution is -0.150. The number of carbonyl (C=O) groups excluding carboxylic acids is 1. The highest BCUT2D eigenvalue weighted by Gasteiger charge is 2.50. The largest absolute Gasteiger partial charge is 0.469 e. The number of nitrogens with zero attached hydrogens (tertiary/aromatic N) is 1.